The van der Waals surface area contributed by atoms with Crippen LogP contribution in [-0.4, -0.2) is 33.9 Å². The highest BCUT2D eigenvalue weighted by Gasteiger charge is 2.19. The van der Waals surface area contributed by atoms with Crippen molar-refractivity contribution in [3.63, 3.8) is 0 Å². The summed E-state index contributed by atoms with van der Waals surface area (Å²) >= 11 is 0. The Morgan fingerprint density at radius 2 is 1.95 bits per heavy atom. The van der Waals surface area contributed by atoms with Gasteiger partial charge in [-0.05, 0) is 33.3 Å². The average molecular weight is 281 g/mol. The van der Waals surface area contributed by atoms with Crippen molar-refractivity contribution in [2.45, 2.75) is 32.9 Å². The third kappa shape index (κ3) is 4.46. The van der Waals surface area contributed by atoms with Crippen LogP contribution in [0.3, 0.4) is 0 Å². The highest BCUT2D eigenvalue weighted by molar-refractivity contribution is 7.86. The number of amides is 1. The molecule has 4 heteroatoms. The molecule has 0 heterocycles. The number of nitrogens with zero attached hydrogens (tertiary/aromatic N) is 1. The van der Waals surface area contributed by atoms with Crippen LogP contribution >= 0.6 is 0 Å². The molecule has 0 bridgehead atoms. The van der Waals surface area contributed by atoms with E-state index in [0.717, 1.165) is 11.1 Å². The minimum absolute atomic E-state index is 0.0252. The van der Waals surface area contributed by atoms with Gasteiger partial charge in [-0.3, -0.25) is 9.00 Å². The van der Waals surface area contributed by atoms with E-state index in [1.807, 2.05) is 52.0 Å². The van der Waals surface area contributed by atoms with E-state index in [4.69, 9.17) is 0 Å². The zero-order chi connectivity index (χ0) is 14.4. The number of benzene rings is 1. The predicted octanol–water partition coefficient (Wildman–Crippen LogP) is 2.67. The van der Waals surface area contributed by atoms with Gasteiger partial charge in [0.2, 0.25) is 5.91 Å². The third-order valence-corrected chi connectivity index (χ3v) is 4.88. The third-order valence-electron chi connectivity index (χ3n) is 3.29. The minimum atomic E-state index is -1.17. The van der Waals surface area contributed by atoms with Crippen LogP contribution in [0.2, 0.25) is 0 Å². The van der Waals surface area contributed by atoms with Crippen molar-refractivity contribution in [3.05, 3.63) is 35.4 Å². The molecule has 1 rings (SSSR count). The quantitative estimate of drug-likeness (QED) is 0.804. The molecule has 0 aliphatic heterocycles. The molecule has 0 aromatic heterocycles. The lowest BCUT2D eigenvalue weighted by molar-refractivity contribution is -0.128. The second kappa shape index (κ2) is 7.43. The van der Waals surface area contributed by atoms with Crippen LogP contribution in [0.4, 0.5) is 0 Å². The summed E-state index contributed by atoms with van der Waals surface area (Å²) in [5.41, 5.74) is 2.18. The zero-order valence-electron chi connectivity index (χ0n) is 12.2. The smallest absolute Gasteiger partial charge is 0.235 e. The molecule has 0 spiro atoms. The number of hydrogen-bond acceptors (Lipinski definition) is 2. The second-order valence-corrected chi connectivity index (χ2v) is 6.40. The Hall–Kier alpha value is -1.16. The first-order chi connectivity index (χ1) is 8.99. The van der Waals surface area contributed by atoms with Crippen molar-refractivity contribution in [2.24, 2.45) is 0 Å². The maximum absolute atomic E-state index is 12.3. The fourth-order valence-electron chi connectivity index (χ4n) is 1.99. The van der Waals surface area contributed by atoms with Gasteiger partial charge in [-0.1, -0.05) is 29.8 Å². The van der Waals surface area contributed by atoms with Gasteiger partial charge >= 0.3 is 0 Å². The van der Waals surface area contributed by atoms with E-state index in [1.165, 1.54) is 0 Å². The van der Waals surface area contributed by atoms with Crippen molar-refractivity contribution in [3.8, 4) is 0 Å². The number of carbonyl (C=O) groups excluding carboxylic acids is 1. The highest BCUT2D eigenvalue weighted by atomic mass is 32.2. The van der Waals surface area contributed by atoms with E-state index in [2.05, 4.69) is 0 Å². The van der Waals surface area contributed by atoms with Crippen molar-refractivity contribution in [1.82, 2.24) is 4.90 Å². The molecule has 0 aliphatic carbocycles. The molecule has 1 amide bonds. The normalized spacial score (nSPS) is 13.9. The molecule has 3 nitrogen and oxygen atoms in total. The number of carbonyl (C=O) groups is 1. The lowest BCUT2D eigenvalue weighted by Crippen LogP contribution is -2.34. The summed E-state index contributed by atoms with van der Waals surface area (Å²) in [6.07, 6.45) is 0. The number of hydrogen-bond donors (Lipinski definition) is 0. The molecule has 0 fully saturated rings. The van der Waals surface area contributed by atoms with E-state index >= 15 is 0 Å². The van der Waals surface area contributed by atoms with Gasteiger partial charge in [-0.25, -0.2) is 0 Å². The lowest BCUT2D eigenvalue weighted by atomic mass is 10.1. The minimum Gasteiger partial charge on any atom is -0.342 e. The first-order valence-electron chi connectivity index (χ1n) is 6.71. The van der Waals surface area contributed by atoms with Gasteiger partial charge in [-0.2, -0.15) is 0 Å². The predicted molar refractivity (Wildman–Crippen MR) is 80.5 cm³/mol. The molecule has 2 unspecified atom stereocenters. The Labute approximate surface area is 118 Å². The fraction of sp³-hybridized carbons (Fsp3) is 0.533. The summed E-state index contributed by atoms with van der Waals surface area (Å²) < 4.78 is 12.3. The molecule has 1 aromatic rings. The Morgan fingerprint density at radius 1 is 1.32 bits per heavy atom. The van der Waals surface area contributed by atoms with E-state index in [1.54, 1.807) is 4.90 Å². The van der Waals surface area contributed by atoms with E-state index in [-0.39, 0.29) is 16.9 Å². The van der Waals surface area contributed by atoms with Gasteiger partial charge < -0.3 is 4.90 Å². The summed E-state index contributed by atoms with van der Waals surface area (Å²) in [5.74, 6) is 0.0828. The SMILES string of the molecule is CCN(CC)C(=O)CS(=O)C(C)c1cccc(C)c1. The monoisotopic (exact) mass is 281 g/mol. The molecule has 2 atom stereocenters. The van der Waals surface area contributed by atoms with Crippen LogP contribution in [0.1, 0.15) is 37.1 Å². The van der Waals surface area contributed by atoms with Crippen LogP contribution in [0.25, 0.3) is 0 Å². The molecule has 0 aliphatic rings. The van der Waals surface area contributed by atoms with Gasteiger partial charge in [0.05, 0.1) is 5.25 Å². The summed E-state index contributed by atoms with van der Waals surface area (Å²) in [6, 6.07) is 7.98. The molecular weight excluding hydrogens is 258 g/mol. The summed E-state index contributed by atoms with van der Waals surface area (Å²) in [6.45, 7) is 9.15. The van der Waals surface area contributed by atoms with Crippen molar-refractivity contribution in [2.75, 3.05) is 18.8 Å². The maximum atomic E-state index is 12.3. The molecular formula is C15H23NO2S. The molecule has 0 N–H and O–H groups in total. The van der Waals surface area contributed by atoms with E-state index < -0.39 is 10.8 Å². The highest BCUT2D eigenvalue weighted by Crippen LogP contribution is 2.20. The van der Waals surface area contributed by atoms with Crippen LogP contribution in [0.5, 0.6) is 0 Å². The molecule has 19 heavy (non-hydrogen) atoms. The van der Waals surface area contributed by atoms with Gasteiger partial charge in [0.1, 0.15) is 5.75 Å². The van der Waals surface area contributed by atoms with Crippen LogP contribution < -0.4 is 0 Å². The van der Waals surface area contributed by atoms with Crippen LogP contribution in [0.15, 0.2) is 24.3 Å². The van der Waals surface area contributed by atoms with Gasteiger partial charge in [0, 0.05) is 23.9 Å². The van der Waals surface area contributed by atoms with Gasteiger partial charge in [0.25, 0.3) is 0 Å². The molecule has 0 radical (unpaired) electrons. The summed E-state index contributed by atoms with van der Waals surface area (Å²) in [5, 5.41) is -0.112. The number of rotatable bonds is 6. The first-order valence-corrected chi connectivity index (χ1v) is 8.09. The largest absolute Gasteiger partial charge is 0.342 e. The summed E-state index contributed by atoms with van der Waals surface area (Å²) in [4.78, 5) is 13.7. The fourth-order valence-corrected chi connectivity index (χ4v) is 3.12. The van der Waals surface area contributed by atoms with Crippen molar-refractivity contribution >= 4 is 16.7 Å². The van der Waals surface area contributed by atoms with E-state index in [0.29, 0.717) is 13.1 Å². The lowest BCUT2D eigenvalue weighted by Gasteiger charge is -2.19. The summed E-state index contributed by atoms with van der Waals surface area (Å²) in [7, 11) is -1.17. The Bertz CT molecular complexity index is 455. The number of aryl methyl sites for hydroxylation is 1. The molecule has 0 saturated heterocycles. The second-order valence-electron chi connectivity index (χ2n) is 4.65. The Kier molecular flexibility index (Phi) is 6.22. The first kappa shape index (κ1) is 15.9. The van der Waals surface area contributed by atoms with Gasteiger partial charge in [0.15, 0.2) is 0 Å². The standard InChI is InChI=1S/C15H23NO2S/c1-5-16(6-2)15(17)11-19(18)13(4)14-9-7-8-12(3)10-14/h7-10,13H,5-6,11H2,1-4H3. The molecule has 1 aromatic carbocycles. The zero-order valence-corrected chi connectivity index (χ0v) is 13.0. The van der Waals surface area contributed by atoms with E-state index in [9.17, 15) is 9.00 Å². The average Bonchev–Trinajstić information content (AvgIpc) is 2.39. The van der Waals surface area contributed by atoms with Gasteiger partial charge in [-0.15, -0.1) is 0 Å². The Morgan fingerprint density at radius 3 is 2.47 bits per heavy atom. The topological polar surface area (TPSA) is 37.4 Å². The molecule has 106 valence electrons. The molecule has 0 saturated carbocycles. The van der Waals surface area contributed by atoms with Crippen LogP contribution in [0, 0.1) is 6.92 Å². The van der Waals surface area contributed by atoms with Crippen LogP contribution in [-0.2, 0) is 15.6 Å². The Balaban J connectivity index is 2.70. The van der Waals surface area contributed by atoms with Crippen molar-refractivity contribution < 1.29 is 9.00 Å². The van der Waals surface area contributed by atoms with Crippen molar-refractivity contribution in [1.29, 1.82) is 0 Å². The maximum Gasteiger partial charge on any atom is 0.235 e.